The van der Waals surface area contributed by atoms with Crippen LogP contribution in [0.15, 0.2) is 88.0 Å². The molecule has 328 valence electrons. The maximum Gasteiger partial charge on any atom is 0.339 e. The van der Waals surface area contributed by atoms with Gasteiger partial charge in [-0.15, -0.1) is 0 Å². The van der Waals surface area contributed by atoms with Crippen LogP contribution in [0.3, 0.4) is 0 Å². The number of carbonyl (C=O) groups is 2. The molecule has 13 aliphatic rings. The molecular formula is C55H63N3O5. The van der Waals surface area contributed by atoms with E-state index in [0.29, 0.717) is 66.5 Å². The fourth-order valence-electron chi connectivity index (χ4n) is 18.3. The minimum absolute atomic E-state index is 0.0930. The van der Waals surface area contributed by atoms with Crippen molar-refractivity contribution in [3.63, 3.8) is 0 Å². The fraction of sp³-hybridized carbons (Fsp3) is 0.600. The Balaban J connectivity index is 1.10. The number of nitrogens with zero attached hydrogens (tertiary/aromatic N) is 2. The number of hydrogen-bond donors (Lipinski definition) is 2. The summed E-state index contributed by atoms with van der Waals surface area (Å²) in [5.74, 6) is 1.82. The van der Waals surface area contributed by atoms with E-state index < -0.39 is 16.4 Å². The van der Waals surface area contributed by atoms with Gasteiger partial charge in [-0.1, -0.05) is 78.6 Å². The van der Waals surface area contributed by atoms with Gasteiger partial charge in [-0.05, 0) is 149 Å². The Morgan fingerprint density at radius 1 is 0.937 bits per heavy atom. The molecule has 8 heteroatoms. The van der Waals surface area contributed by atoms with E-state index in [1.165, 1.54) is 41.5 Å². The number of hydrogen-bond acceptors (Lipinski definition) is 8. The number of aryl methyl sites for hydroxylation is 2. The number of aliphatic hydroxyl groups is 1. The van der Waals surface area contributed by atoms with Crippen LogP contribution in [0, 0.1) is 52.3 Å². The average molecular weight is 846 g/mol. The number of benzene rings is 2. The van der Waals surface area contributed by atoms with E-state index in [2.05, 4.69) is 72.2 Å². The predicted molar refractivity (Wildman–Crippen MR) is 239 cm³/mol. The van der Waals surface area contributed by atoms with E-state index in [9.17, 15) is 9.90 Å². The highest BCUT2D eigenvalue weighted by atomic mass is 16.6. The molecule has 5 aliphatic carbocycles. The lowest BCUT2D eigenvalue weighted by Gasteiger charge is -2.71. The SMILES string of the molecule is C[C@@H]1CC2=C3[C@@H]4C5=C6C=C(Cc7cccc(c7)CCCC[C@H]7[C@]68C(=O)O/C(=C(/O)[C@@H]6CC[C@@H]9[C@H]%10C[C@@H](CN9[C@@H]6C)[C@@H](CC2)N3C%10)[C@@]8(CC5)[C@]72OC(=O)c3c(CCCN)cccc32)[C@@H]41. The second-order valence-corrected chi connectivity index (χ2v) is 22.5. The average Bonchev–Trinajstić information content (AvgIpc) is 3.74. The topological polar surface area (TPSA) is 105 Å². The van der Waals surface area contributed by atoms with Crippen molar-refractivity contribution in [3.8, 4) is 0 Å². The van der Waals surface area contributed by atoms with Gasteiger partial charge in [0.2, 0.25) is 0 Å². The van der Waals surface area contributed by atoms with Crippen molar-refractivity contribution >= 4 is 11.9 Å². The molecule has 3 N–H and O–H groups in total. The molecule has 14 bridgehead atoms. The summed E-state index contributed by atoms with van der Waals surface area (Å²) in [6.45, 7) is 7.58. The third-order valence-corrected chi connectivity index (χ3v) is 20.3. The molecule has 15 rings (SSSR count). The summed E-state index contributed by atoms with van der Waals surface area (Å²) in [5, 5.41) is 13.4. The van der Waals surface area contributed by atoms with Crippen LogP contribution in [0.1, 0.15) is 124 Å². The summed E-state index contributed by atoms with van der Waals surface area (Å²) in [6, 6.07) is 16.7. The van der Waals surface area contributed by atoms with Gasteiger partial charge in [-0.3, -0.25) is 9.69 Å². The van der Waals surface area contributed by atoms with Crippen molar-refractivity contribution < 1.29 is 24.2 Å². The van der Waals surface area contributed by atoms with Crippen molar-refractivity contribution in [1.29, 1.82) is 0 Å². The van der Waals surface area contributed by atoms with Crippen molar-refractivity contribution in [3.05, 3.63) is 116 Å². The smallest absolute Gasteiger partial charge is 0.339 e. The minimum atomic E-state index is -1.16. The summed E-state index contributed by atoms with van der Waals surface area (Å²) in [7, 11) is 0. The molecule has 1 unspecified atom stereocenters. The normalized spacial score (nSPS) is 44.5. The zero-order valence-corrected chi connectivity index (χ0v) is 37.2. The Bertz CT molecular complexity index is 2550. The van der Waals surface area contributed by atoms with Crippen LogP contribution < -0.4 is 5.73 Å². The first-order valence-corrected chi connectivity index (χ1v) is 25.2. The van der Waals surface area contributed by atoms with Crippen molar-refractivity contribution in [2.24, 2.45) is 58.0 Å². The quantitative estimate of drug-likeness (QED) is 0.295. The lowest BCUT2D eigenvalue weighted by molar-refractivity contribution is -0.276. The van der Waals surface area contributed by atoms with Crippen LogP contribution in [0.25, 0.3) is 0 Å². The summed E-state index contributed by atoms with van der Waals surface area (Å²) < 4.78 is 14.3. The third kappa shape index (κ3) is 4.43. The van der Waals surface area contributed by atoms with Crippen LogP contribution >= 0.6 is 0 Å². The summed E-state index contributed by atoms with van der Waals surface area (Å²) >= 11 is 0. The maximum atomic E-state index is 16.1. The van der Waals surface area contributed by atoms with E-state index >= 15 is 4.79 Å². The number of allylic oxidation sites excluding steroid dienone is 4. The predicted octanol–water partition coefficient (Wildman–Crippen LogP) is 9.00. The Labute approximate surface area is 372 Å². The van der Waals surface area contributed by atoms with Gasteiger partial charge in [0.1, 0.15) is 11.2 Å². The first-order valence-electron chi connectivity index (χ1n) is 25.2. The highest BCUT2D eigenvalue weighted by Gasteiger charge is 2.93. The molecule has 8 nitrogen and oxygen atoms in total. The van der Waals surface area contributed by atoms with E-state index in [-0.39, 0.29) is 41.5 Å². The fourth-order valence-corrected chi connectivity index (χ4v) is 18.3. The molecule has 4 saturated heterocycles. The number of nitrogens with two attached hydrogens (primary N) is 1. The second-order valence-electron chi connectivity index (χ2n) is 22.5. The molecule has 8 heterocycles. The molecular weight excluding hydrogens is 783 g/mol. The number of ether oxygens (including phenoxy) is 2. The second kappa shape index (κ2) is 13.0. The van der Waals surface area contributed by atoms with E-state index in [0.717, 1.165) is 94.0 Å². The van der Waals surface area contributed by atoms with Gasteiger partial charge in [-0.25, -0.2) is 4.79 Å². The summed E-state index contributed by atoms with van der Waals surface area (Å²) in [5.41, 5.74) is 15.4. The Hall–Kier alpha value is -4.14. The van der Waals surface area contributed by atoms with Crippen LogP contribution in [0.4, 0.5) is 0 Å². The van der Waals surface area contributed by atoms with Gasteiger partial charge in [0, 0.05) is 60.2 Å². The molecule has 3 spiro atoms. The van der Waals surface area contributed by atoms with E-state index in [1.807, 2.05) is 0 Å². The van der Waals surface area contributed by atoms with Crippen LogP contribution in [0.5, 0.6) is 0 Å². The molecule has 0 amide bonds. The molecule has 5 fully saturated rings. The van der Waals surface area contributed by atoms with Crippen LogP contribution in [0.2, 0.25) is 0 Å². The summed E-state index contributed by atoms with van der Waals surface area (Å²) in [6.07, 6.45) is 16.5. The van der Waals surface area contributed by atoms with Gasteiger partial charge < -0.3 is 25.2 Å². The number of piperidine rings is 3. The van der Waals surface area contributed by atoms with Gasteiger partial charge in [0.25, 0.3) is 0 Å². The van der Waals surface area contributed by atoms with Crippen LogP contribution in [-0.2, 0) is 39.1 Å². The van der Waals surface area contributed by atoms with Gasteiger partial charge in [0.05, 0.1) is 11.0 Å². The standard InChI is InChI=1S/C55H63N3O5/c1-29-22-34-15-17-43-36-25-37-28-58(43)48(34)47-39-19-20-53-50(49(59)38-16-18-42(37)57(27-36)30(38)2)62-52(61)54(53)41(39)26-35(45(29)47)24-32-10-5-9-31(23-32)8-3-4-14-44(54)55(53)40-13-6-11-33(12-7-21-56)46(40)51(60)63-55/h5-6,9-11,13,23,26,29-30,36-38,42-45,47,59H,3-4,7-8,12,14-22,24-25,27-28,56H2,1-2H3/b50-49+/t29-,30-,36+,37+,38-,42-,43-,44+,45+,47-,53-,54+,55-/m1/s1. The number of carbonyl (C=O) groups excluding carboxylic acids is 2. The molecule has 8 aliphatic heterocycles. The Kier molecular flexibility index (Phi) is 7.89. The molecule has 63 heavy (non-hydrogen) atoms. The minimum Gasteiger partial charge on any atom is -0.508 e. The van der Waals surface area contributed by atoms with Gasteiger partial charge >= 0.3 is 11.9 Å². The van der Waals surface area contributed by atoms with E-state index in [4.69, 9.17) is 15.2 Å². The van der Waals surface area contributed by atoms with Crippen LogP contribution in [-0.4, -0.2) is 64.6 Å². The molecule has 2 aromatic rings. The Morgan fingerprint density at radius 2 is 1.79 bits per heavy atom. The highest BCUT2D eigenvalue weighted by molar-refractivity contribution is 6.00. The van der Waals surface area contributed by atoms with Gasteiger partial charge in [-0.2, -0.15) is 0 Å². The molecule has 2 aromatic carbocycles. The lowest BCUT2D eigenvalue weighted by Crippen LogP contribution is -2.77. The van der Waals surface area contributed by atoms with Crippen molar-refractivity contribution in [1.82, 2.24) is 9.80 Å². The molecule has 1 saturated carbocycles. The molecule has 0 aromatic heterocycles. The number of rotatable bonds is 3. The zero-order chi connectivity index (χ0) is 42.3. The lowest BCUT2D eigenvalue weighted by atomic mass is 9.28. The summed E-state index contributed by atoms with van der Waals surface area (Å²) in [4.78, 5) is 36.8. The first kappa shape index (κ1) is 38.2. The zero-order valence-electron chi connectivity index (χ0n) is 37.2. The largest absolute Gasteiger partial charge is 0.508 e. The Morgan fingerprint density at radius 3 is 2.68 bits per heavy atom. The number of aliphatic hydroxyl groups excluding tert-OH is 1. The van der Waals surface area contributed by atoms with E-state index in [1.54, 1.807) is 11.3 Å². The third-order valence-electron chi connectivity index (χ3n) is 20.3. The number of fused-ring (bicyclic) bond motifs is 7. The van der Waals surface area contributed by atoms with Crippen molar-refractivity contribution in [2.45, 2.75) is 134 Å². The van der Waals surface area contributed by atoms with Gasteiger partial charge in [0.15, 0.2) is 11.4 Å². The van der Waals surface area contributed by atoms with Crippen molar-refractivity contribution in [2.75, 3.05) is 19.6 Å². The number of esters is 2. The maximum absolute atomic E-state index is 16.1. The highest BCUT2D eigenvalue weighted by Crippen LogP contribution is 2.87. The molecule has 14 atom stereocenters. The molecule has 0 radical (unpaired) electrons. The monoisotopic (exact) mass is 845 g/mol. The first-order chi connectivity index (χ1) is 30.7.